The van der Waals surface area contributed by atoms with Crippen LogP contribution in [0.1, 0.15) is 31.9 Å². The van der Waals surface area contributed by atoms with E-state index in [2.05, 4.69) is 27.6 Å². The zero-order valence-electron chi connectivity index (χ0n) is 13.0. The van der Waals surface area contributed by atoms with Crippen molar-refractivity contribution in [2.24, 2.45) is 5.92 Å². The molecule has 1 aliphatic rings. The van der Waals surface area contributed by atoms with Gasteiger partial charge in [-0.15, -0.1) is 0 Å². The van der Waals surface area contributed by atoms with E-state index in [1.165, 1.54) is 12.8 Å². The van der Waals surface area contributed by atoms with E-state index in [1.54, 1.807) is 6.07 Å². The van der Waals surface area contributed by atoms with Crippen molar-refractivity contribution < 1.29 is 9.32 Å². The molecule has 2 heterocycles. The molecule has 1 saturated heterocycles. The minimum atomic E-state index is -0.0273. The Morgan fingerprint density at radius 1 is 1.62 bits per heavy atom. The van der Waals surface area contributed by atoms with E-state index >= 15 is 0 Å². The van der Waals surface area contributed by atoms with Crippen LogP contribution in [-0.2, 0) is 4.79 Å². The summed E-state index contributed by atoms with van der Waals surface area (Å²) >= 11 is 0. The lowest BCUT2D eigenvalue weighted by Crippen LogP contribution is -2.41. The third-order valence-electron chi connectivity index (χ3n) is 3.72. The number of carbonyl (C=O) groups excluding carboxylic acids is 1. The maximum Gasteiger partial charge on any atom is 0.239 e. The van der Waals surface area contributed by atoms with Crippen LogP contribution in [0.25, 0.3) is 0 Å². The van der Waals surface area contributed by atoms with Gasteiger partial charge in [0.2, 0.25) is 5.91 Å². The van der Waals surface area contributed by atoms with Crippen LogP contribution in [0.4, 0.5) is 5.82 Å². The molecule has 118 valence electrons. The molecule has 0 aromatic carbocycles. The van der Waals surface area contributed by atoms with Crippen molar-refractivity contribution >= 4 is 11.7 Å². The molecule has 0 saturated carbocycles. The van der Waals surface area contributed by atoms with Gasteiger partial charge in [-0.1, -0.05) is 12.1 Å². The van der Waals surface area contributed by atoms with Gasteiger partial charge >= 0.3 is 0 Å². The van der Waals surface area contributed by atoms with Gasteiger partial charge in [0.25, 0.3) is 0 Å². The second-order valence-electron chi connectivity index (χ2n) is 5.82. The Morgan fingerprint density at radius 3 is 3.10 bits per heavy atom. The predicted molar refractivity (Wildman–Crippen MR) is 82.2 cm³/mol. The second kappa shape index (κ2) is 8.14. The molecule has 1 atom stereocenters. The Labute approximate surface area is 126 Å². The molecule has 1 unspecified atom stereocenters. The zero-order valence-corrected chi connectivity index (χ0v) is 13.0. The summed E-state index contributed by atoms with van der Waals surface area (Å²) in [7, 11) is 0. The first-order valence-electron chi connectivity index (χ1n) is 7.83. The highest BCUT2D eigenvalue weighted by Crippen LogP contribution is 2.12. The number of aryl methyl sites for hydroxylation is 1. The highest BCUT2D eigenvalue weighted by molar-refractivity contribution is 5.91. The normalized spacial score (nSPS) is 18.9. The third kappa shape index (κ3) is 5.47. The first-order valence-corrected chi connectivity index (χ1v) is 7.83. The molecule has 6 heteroatoms. The number of hydrogen-bond donors (Lipinski definition) is 2. The van der Waals surface area contributed by atoms with Crippen LogP contribution in [-0.4, -0.2) is 48.7 Å². The van der Waals surface area contributed by atoms with Gasteiger partial charge in [-0.2, -0.15) is 0 Å². The number of amides is 1. The van der Waals surface area contributed by atoms with E-state index in [0.717, 1.165) is 32.6 Å². The smallest absolute Gasteiger partial charge is 0.239 e. The van der Waals surface area contributed by atoms with Crippen LogP contribution in [0.15, 0.2) is 10.6 Å². The summed E-state index contributed by atoms with van der Waals surface area (Å²) in [5, 5.41) is 10.0. The van der Waals surface area contributed by atoms with E-state index in [4.69, 9.17) is 4.52 Å². The number of carbonyl (C=O) groups is 1. The molecule has 1 aliphatic heterocycles. The first-order chi connectivity index (χ1) is 10.2. The van der Waals surface area contributed by atoms with Gasteiger partial charge in [0, 0.05) is 12.6 Å². The highest BCUT2D eigenvalue weighted by atomic mass is 16.5. The molecule has 0 aliphatic carbocycles. The monoisotopic (exact) mass is 294 g/mol. The lowest BCUT2D eigenvalue weighted by atomic mass is 9.99. The summed E-state index contributed by atoms with van der Waals surface area (Å²) < 4.78 is 4.95. The maximum absolute atomic E-state index is 12.1. The lowest BCUT2D eigenvalue weighted by Gasteiger charge is -2.29. The van der Waals surface area contributed by atoms with Gasteiger partial charge in [0.05, 0.1) is 6.54 Å². The first kappa shape index (κ1) is 16.0. The molecule has 21 heavy (non-hydrogen) atoms. The molecule has 0 radical (unpaired) electrons. The zero-order chi connectivity index (χ0) is 15.1. The largest absolute Gasteiger partial charge is 0.360 e. The number of hydrogen-bond acceptors (Lipinski definition) is 5. The van der Waals surface area contributed by atoms with Crippen molar-refractivity contribution in [1.29, 1.82) is 0 Å². The molecule has 0 spiro atoms. The van der Waals surface area contributed by atoms with Crippen LogP contribution in [0.5, 0.6) is 0 Å². The van der Waals surface area contributed by atoms with Crippen LogP contribution in [0.2, 0.25) is 0 Å². The fourth-order valence-corrected chi connectivity index (χ4v) is 2.81. The minimum Gasteiger partial charge on any atom is -0.360 e. The Bertz CT molecular complexity index is 441. The molecule has 0 bridgehead atoms. The highest BCUT2D eigenvalue weighted by Gasteiger charge is 2.18. The van der Waals surface area contributed by atoms with Crippen LogP contribution in [0.3, 0.4) is 0 Å². The third-order valence-corrected chi connectivity index (χ3v) is 3.72. The average molecular weight is 294 g/mol. The SMILES string of the molecule is CCCN(CC(=O)Nc1cc(C)on1)CC1CCCNC1. The summed E-state index contributed by atoms with van der Waals surface area (Å²) in [5.41, 5.74) is 0. The van der Waals surface area contributed by atoms with Crippen molar-refractivity contribution in [3.05, 3.63) is 11.8 Å². The molecule has 2 rings (SSSR count). The van der Waals surface area contributed by atoms with E-state index < -0.39 is 0 Å². The number of aromatic nitrogens is 1. The van der Waals surface area contributed by atoms with Gasteiger partial charge in [-0.25, -0.2) is 0 Å². The fraction of sp³-hybridized carbons (Fsp3) is 0.733. The Morgan fingerprint density at radius 2 is 2.48 bits per heavy atom. The van der Waals surface area contributed by atoms with Crippen molar-refractivity contribution in [1.82, 2.24) is 15.4 Å². The molecular weight excluding hydrogens is 268 g/mol. The van der Waals surface area contributed by atoms with E-state index in [1.807, 2.05) is 6.92 Å². The van der Waals surface area contributed by atoms with E-state index in [-0.39, 0.29) is 5.91 Å². The summed E-state index contributed by atoms with van der Waals surface area (Å²) in [6, 6.07) is 1.73. The van der Waals surface area contributed by atoms with Gasteiger partial charge in [0.15, 0.2) is 5.82 Å². The Hall–Kier alpha value is -1.40. The van der Waals surface area contributed by atoms with E-state index in [0.29, 0.717) is 24.0 Å². The van der Waals surface area contributed by atoms with Gasteiger partial charge in [-0.3, -0.25) is 9.69 Å². The summed E-state index contributed by atoms with van der Waals surface area (Å²) in [6.07, 6.45) is 3.53. The summed E-state index contributed by atoms with van der Waals surface area (Å²) in [4.78, 5) is 14.3. The second-order valence-corrected chi connectivity index (χ2v) is 5.82. The predicted octanol–water partition coefficient (Wildman–Crippen LogP) is 1.63. The van der Waals surface area contributed by atoms with E-state index in [9.17, 15) is 4.79 Å². The average Bonchev–Trinajstić information content (AvgIpc) is 2.85. The Kier molecular flexibility index (Phi) is 6.20. The quantitative estimate of drug-likeness (QED) is 0.800. The van der Waals surface area contributed by atoms with Gasteiger partial charge < -0.3 is 15.2 Å². The summed E-state index contributed by atoms with van der Waals surface area (Å²) in [5.74, 6) is 1.81. The van der Waals surface area contributed by atoms with Crippen molar-refractivity contribution in [3.63, 3.8) is 0 Å². The van der Waals surface area contributed by atoms with Crippen molar-refractivity contribution in [2.45, 2.75) is 33.1 Å². The molecular formula is C15H26N4O2. The van der Waals surface area contributed by atoms with Crippen molar-refractivity contribution in [2.75, 3.05) is 38.0 Å². The molecule has 6 nitrogen and oxygen atoms in total. The van der Waals surface area contributed by atoms with Crippen LogP contribution >= 0.6 is 0 Å². The molecule has 1 aromatic heterocycles. The molecule has 1 aromatic rings. The summed E-state index contributed by atoms with van der Waals surface area (Å²) in [6.45, 7) is 8.47. The number of rotatable bonds is 7. The standard InChI is InChI=1S/C15H26N4O2/c1-3-7-19(10-13-5-4-6-16-9-13)11-15(20)17-14-8-12(2)21-18-14/h8,13,16H,3-7,9-11H2,1-2H3,(H,17,18,20). The molecule has 1 amide bonds. The topological polar surface area (TPSA) is 70.4 Å². The maximum atomic E-state index is 12.1. The number of nitrogens with one attached hydrogen (secondary N) is 2. The van der Waals surface area contributed by atoms with Crippen LogP contribution < -0.4 is 10.6 Å². The number of nitrogens with zero attached hydrogens (tertiary/aromatic N) is 2. The van der Waals surface area contributed by atoms with Crippen molar-refractivity contribution in [3.8, 4) is 0 Å². The minimum absolute atomic E-state index is 0.0273. The molecule has 2 N–H and O–H groups in total. The van der Waals surface area contributed by atoms with Crippen LogP contribution in [0, 0.1) is 12.8 Å². The number of anilines is 1. The fourth-order valence-electron chi connectivity index (χ4n) is 2.81. The Balaban J connectivity index is 1.81. The van der Waals surface area contributed by atoms with Gasteiger partial charge in [0.1, 0.15) is 5.76 Å². The molecule has 1 fully saturated rings. The lowest BCUT2D eigenvalue weighted by molar-refractivity contribution is -0.117. The number of piperidine rings is 1. The van der Waals surface area contributed by atoms with Gasteiger partial charge in [-0.05, 0) is 51.7 Å².